The molecule has 6 nitrogen and oxygen atoms in total. The molecule has 0 aliphatic heterocycles. The lowest BCUT2D eigenvalue weighted by molar-refractivity contribution is 0.385. The third kappa shape index (κ3) is 1.97. The average molecular weight is 283 g/mol. The van der Waals surface area contributed by atoms with Crippen molar-refractivity contribution in [1.29, 1.82) is 0 Å². The van der Waals surface area contributed by atoms with Crippen LogP contribution in [0.25, 0.3) is 16.5 Å². The van der Waals surface area contributed by atoms with Gasteiger partial charge in [-0.15, -0.1) is 11.3 Å². The van der Waals surface area contributed by atoms with Gasteiger partial charge in [-0.2, -0.15) is 4.98 Å². The van der Waals surface area contributed by atoms with Crippen molar-refractivity contribution in [2.75, 3.05) is 0 Å². The predicted molar refractivity (Wildman–Crippen MR) is 73.4 cm³/mol. The minimum atomic E-state index is 0.502. The van der Waals surface area contributed by atoms with E-state index >= 15 is 0 Å². The fourth-order valence-corrected chi connectivity index (χ4v) is 2.66. The van der Waals surface area contributed by atoms with Gasteiger partial charge in [0.25, 0.3) is 0 Å². The zero-order valence-electron chi connectivity index (χ0n) is 10.3. The molecule has 0 saturated heterocycles. The van der Waals surface area contributed by atoms with Crippen LogP contribution in [0, 0.1) is 0 Å². The van der Waals surface area contributed by atoms with E-state index in [0.717, 1.165) is 10.7 Å². The lowest BCUT2D eigenvalue weighted by Gasteiger charge is -1.89. The molecule has 0 aliphatic rings. The second kappa shape index (κ2) is 4.53. The Morgan fingerprint density at radius 3 is 3.10 bits per heavy atom. The summed E-state index contributed by atoms with van der Waals surface area (Å²) in [6.07, 6.45) is 6.17. The largest absolute Gasteiger partial charge is 0.338 e. The molecular weight excluding hydrogens is 274 g/mol. The Labute approximate surface area is 117 Å². The molecule has 0 radical (unpaired) electrons. The maximum atomic E-state index is 5.25. The maximum Gasteiger partial charge on any atom is 0.233 e. The second-order valence-electron chi connectivity index (χ2n) is 4.23. The minimum Gasteiger partial charge on any atom is -0.338 e. The molecule has 0 fully saturated rings. The maximum absolute atomic E-state index is 5.25. The van der Waals surface area contributed by atoms with Crippen LogP contribution in [0.3, 0.4) is 0 Å². The van der Waals surface area contributed by atoms with Crippen molar-refractivity contribution >= 4 is 16.3 Å². The van der Waals surface area contributed by atoms with E-state index in [4.69, 9.17) is 4.52 Å². The summed E-state index contributed by atoms with van der Waals surface area (Å²) < 4.78 is 7.23. The smallest absolute Gasteiger partial charge is 0.233 e. The van der Waals surface area contributed by atoms with Gasteiger partial charge < -0.3 is 4.52 Å². The number of hydrogen-bond acceptors (Lipinski definition) is 6. The van der Waals surface area contributed by atoms with Crippen LogP contribution in [-0.2, 0) is 6.42 Å². The van der Waals surface area contributed by atoms with Gasteiger partial charge in [0.05, 0.1) is 12.1 Å². The summed E-state index contributed by atoms with van der Waals surface area (Å²) in [6, 6.07) is 5.59. The highest BCUT2D eigenvalue weighted by molar-refractivity contribution is 7.15. The highest BCUT2D eigenvalue weighted by Gasteiger charge is 2.12. The summed E-state index contributed by atoms with van der Waals surface area (Å²) in [7, 11) is 0. The first kappa shape index (κ1) is 11.3. The van der Waals surface area contributed by atoms with Crippen LogP contribution in [0.5, 0.6) is 0 Å². The SMILES string of the molecule is c1ccc(-c2noc(Cc3cn4ccsc4n3)n2)nc1. The first-order valence-corrected chi connectivity index (χ1v) is 6.91. The molecule has 0 bridgehead atoms. The Bertz CT molecular complexity index is 819. The molecule has 0 unspecified atom stereocenters. The van der Waals surface area contributed by atoms with Crippen molar-refractivity contribution in [2.45, 2.75) is 6.42 Å². The number of hydrogen-bond donors (Lipinski definition) is 0. The number of rotatable bonds is 3. The van der Waals surface area contributed by atoms with Crippen LogP contribution in [0.1, 0.15) is 11.6 Å². The van der Waals surface area contributed by atoms with Crippen molar-refractivity contribution in [3.8, 4) is 11.5 Å². The van der Waals surface area contributed by atoms with Gasteiger partial charge in [-0.05, 0) is 12.1 Å². The summed E-state index contributed by atoms with van der Waals surface area (Å²) in [6.45, 7) is 0. The Kier molecular flexibility index (Phi) is 2.56. The molecule has 0 amide bonds. The normalized spacial score (nSPS) is 11.2. The number of aromatic nitrogens is 5. The highest BCUT2D eigenvalue weighted by Crippen LogP contribution is 2.16. The summed E-state index contributed by atoms with van der Waals surface area (Å²) in [5.41, 5.74) is 1.61. The van der Waals surface area contributed by atoms with Gasteiger partial charge in [0, 0.05) is 24.0 Å². The molecular formula is C13H9N5OS. The third-order valence-electron chi connectivity index (χ3n) is 2.84. The fourth-order valence-electron chi connectivity index (χ4n) is 1.94. The van der Waals surface area contributed by atoms with E-state index in [0.29, 0.717) is 23.8 Å². The highest BCUT2D eigenvalue weighted by atomic mass is 32.1. The van der Waals surface area contributed by atoms with Crippen molar-refractivity contribution < 1.29 is 4.52 Å². The molecule has 4 rings (SSSR count). The quantitative estimate of drug-likeness (QED) is 0.577. The first-order chi connectivity index (χ1) is 9.88. The average Bonchev–Trinajstić information content (AvgIpc) is 3.16. The van der Waals surface area contributed by atoms with Crippen LogP contribution in [-0.4, -0.2) is 24.5 Å². The van der Waals surface area contributed by atoms with E-state index in [-0.39, 0.29) is 0 Å². The van der Waals surface area contributed by atoms with Crippen molar-refractivity contribution in [3.05, 3.63) is 53.8 Å². The van der Waals surface area contributed by atoms with E-state index in [1.807, 2.05) is 40.4 Å². The molecule has 4 heterocycles. The Morgan fingerprint density at radius 1 is 1.25 bits per heavy atom. The van der Waals surface area contributed by atoms with Gasteiger partial charge in [-0.3, -0.25) is 9.38 Å². The van der Waals surface area contributed by atoms with Crippen molar-refractivity contribution in [1.82, 2.24) is 24.5 Å². The lowest BCUT2D eigenvalue weighted by Crippen LogP contribution is -1.89. The third-order valence-corrected chi connectivity index (χ3v) is 3.61. The van der Waals surface area contributed by atoms with Crippen molar-refractivity contribution in [2.24, 2.45) is 0 Å². The molecule has 7 heteroatoms. The van der Waals surface area contributed by atoms with Gasteiger partial charge in [-0.25, -0.2) is 4.98 Å². The number of imidazole rings is 1. The Balaban J connectivity index is 1.60. The topological polar surface area (TPSA) is 69.1 Å². The first-order valence-electron chi connectivity index (χ1n) is 6.03. The zero-order valence-corrected chi connectivity index (χ0v) is 11.1. The van der Waals surface area contributed by atoms with Gasteiger partial charge in [0.2, 0.25) is 11.7 Å². The standard InChI is InChI=1S/C13H9N5OS/c1-2-4-14-10(3-1)12-16-11(19-17-12)7-9-8-18-5-6-20-13(18)15-9/h1-6,8H,7H2. The molecule has 0 N–H and O–H groups in total. The van der Waals surface area contributed by atoms with Crippen LogP contribution >= 0.6 is 11.3 Å². The lowest BCUT2D eigenvalue weighted by atomic mass is 10.3. The Hall–Kier alpha value is -2.54. The van der Waals surface area contributed by atoms with Gasteiger partial charge in [-0.1, -0.05) is 11.2 Å². The molecule has 98 valence electrons. The zero-order chi connectivity index (χ0) is 13.4. The monoisotopic (exact) mass is 283 g/mol. The molecule has 0 saturated carbocycles. The van der Waals surface area contributed by atoms with E-state index in [1.165, 1.54) is 0 Å². The molecule has 4 aromatic rings. The summed E-state index contributed by atoms with van der Waals surface area (Å²) in [5, 5.41) is 5.94. The molecule has 0 spiro atoms. The molecule has 0 aromatic carbocycles. The minimum absolute atomic E-state index is 0.502. The number of nitrogens with zero attached hydrogens (tertiary/aromatic N) is 5. The van der Waals surface area contributed by atoms with Gasteiger partial charge in [0.15, 0.2) is 4.96 Å². The number of thiazole rings is 1. The molecule has 0 atom stereocenters. The Morgan fingerprint density at radius 2 is 2.25 bits per heavy atom. The van der Waals surface area contributed by atoms with Crippen LogP contribution in [0.4, 0.5) is 0 Å². The van der Waals surface area contributed by atoms with Gasteiger partial charge >= 0.3 is 0 Å². The number of pyridine rings is 1. The van der Waals surface area contributed by atoms with E-state index < -0.39 is 0 Å². The predicted octanol–water partition coefficient (Wildman–Crippen LogP) is 2.43. The summed E-state index contributed by atoms with van der Waals surface area (Å²) in [5.74, 6) is 1.04. The van der Waals surface area contributed by atoms with Crippen LogP contribution in [0.15, 0.2) is 46.7 Å². The van der Waals surface area contributed by atoms with Crippen LogP contribution in [0.2, 0.25) is 0 Å². The molecule has 0 aliphatic carbocycles. The van der Waals surface area contributed by atoms with Crippen molar-refractivity contribution in [3.63, 3.8) is 0 Å². The molecule has 20 heavy (non-hydrogen) atoms. The number of fused-ring (bicyclic) bond motifs is 1. The van der Waals surface area contributed by atoms with Gasteiger partial charge in [0.1, 0.15) is 5.69 Å². The summed E-state index contributed by atoms with van der Waals surface area (Å²) in [4.78, 5) is 14.0. The second-order valence-corrected chi connectivity index (χ2v) is 5.10. The molecule has 4 aromatic heterocycles. The van der Waals surface area contributed by atoms with E-state index in [2.05, 4.69) is 20.1 Å². The van der Waals surface area contributed by atoms with Crippen LogP contribution < -0.4 is 0 Å². The fraction of sp³-hybridized carbons (Fsp3) is 0.0769. The van der Waals surface area contributed by atoms with E-state index in [9.17, 15) is 0 Å². The van der Waals surface area contributed by atoms with E-state index in [1.54, 1.807) is 17.5 Å². The summed E-state index contributed by atoms with van der Waals surface area (Å²) >= 11 is 1.60.